The molecule has 3 heterocycles. The predicted octanol–water partition coefficient (Wildman–Crippen LogP) is 11.9. The van der Waals surface area contributed by atoms with Gasteiger partial charge < -0.3 is 9.30 Å². The number of fused-ring (bicyclic) bond motifs is 3. The van der Waals surface area contributed by atoms with Gasteiger partial charge in [-0.1, -0.05) is 90.4 Å². The molecule has 0 saturated heterocycles. The molecule has 0 unspecified atom stereocenters. The number of nitrogens with zero attached hydrogens (tertiary/aromatic N) is 4. The Balaban J connectivity index is 0.00000448. The number of aromatic nitrogens is 4. The van der Waals surface area contributed by atoms with Crippen molar-refractivity contribution in [1.29, 1.82) is 0 Å². The molecule has 0 aliphatic heterocycles. The Morgan fingerprint density at radius 1 is 0.706 bits per heavy atom. The van der Waals surface area contributed by atoms with Gasteiger partial charge in [0.25, 0.3) is 0 Å². The summed E-state index contributed by atoms with van der Waals surface area (Å²) >= 11 is 0. The number of aryl methyl sites for hydroxylation is 3. The van der Waals surface area contributed by atoms with Gasteiger partial charge in [-0.05, 0) is 84.1 Å². The Labute approximate surface area is 316 Å². The van der Waals surface area contributed by atoms with Gasteiger partial charge in [0.2, 0.25) is 0 Å². The summed E-state index contributed by atoms with van der Waals surface area (Å²) in [7, 11) is 0. The van der Waals surface area contributed by atoms with Crippen molar-refractivity contribution in [2.24, 2.45) is 0 Å². The maximum Gasteiger partial charge on any atom is 2.00 e. The maximum atomic E-state index is 6.69. The van der Waals surface area contributed by atoms with E-state index < -0.39 is 0 Å². The van der Waals surface area contributed by atoms with E-state index in [1.807, 2.05) is 12.3 Å². The first-order valence-corrected chi connectivity index (χ1v) is 17.7. The van der Waals surface area contributed by atoms with Crippen molar-refractivity contribution in [2.75, 3.05) is 0 Å². The molecule has 5 nitrogen and oxygen atoms in total. The van der Waals surface area contributed by atoms with Crippen molar-refractivity contribution < 1.29 is 25.2 Å². The number of hydrogen-bond acceptors (Lipinski definition) is 3. The van der Waals surface area contributed by atoms with Crippen LogP contribution in [0.25, 0.3) is 44.4 Å². The summed E-state index contributed by atoms with van der Waals surface area (Å²) in [6.45, 7) is 22.1. The zero-order chi connectivity index (χ0) is 35.5. The first-order chi connectivity index (χ1) is 23.8. The van der Waals surface area contributed by atoms with E-state index in [0.717, 1.165) is 50.3 Å². The molecular formula is C45H46N4OPd. The Bertz CT molecular complexity index is 2370. The van der Waals surface area contributed by atoms with Crippen molar-refractivity contribution in [3.05, 3.63) is 131 Å². The molecule has 0 bridgehead atoms. The molecule has 0 radical (unpaired) electrons. The monoisotopic (exact) mass is 764 g/mol. The summed E-state index contributed by atoms with van der Waals surface area (Å²) in [6.07, 6.45) is 1.90. The average Bonchev–Trinajstić information content (AvgIpc) is 3.59. The Hall–Kier alpha value is -4.50. The number of benzene rings is 4. The van der Waals surface area contributed by atoms with Crippen LogP contribution in [-0.4, -0.2) is 19.3 Å². The van der Waals surface area contributed by atoms with E-state index in [-0.39, 0.29) is 31.8 Å². The fraction of sp³-hybridized carbons (Fsp3) is 0.289. The largest absolute Gasteiger partial charge is 2.00 e. The minimum atomic E-state index is -0.193. The molecule has 51 heavy (non-hydrogen) atoms. The Morgan fingerprint density at radius 2 is 1.41 bits per heavy atom. The van der Waals surface area contributed by atoms with Crippen LogP contribution in [0.5, 0.6) is 11.5 Å². The summed E-state index contributed by atoms with van der Waals surface area (Å²) in [5.41, 5.74) is 12.2. The molecule has 6 heteroatoms. The Morgan fingerprint density at radius 3 is 2.10 bits per heavy atom. The molecule has 3 aromatic heterocycles. The second kappa shape index (κ2) is 13.9. The van der Waals surface area contributed by atoms with E-state index in [1.165, 1.54) is 27.8 Å². The molecule has 0 N–H and O–H groups in total. The maximum absolute atomic E-state index is 6.69. The zero-order valence-electron chi connectivity index (χ0n) is 31.3. The van der Waals surface area contributed by atoms with Gasteiger partial charge in [0, 0.05) is 34.2 Å². The zero-order valence-corrected chi connectivity index (χ0v) is 32.8. The van der Waals surface area contributed by atoms with Crippen molar-refractivity contribution in [3.63, 3.8) is 0 Å². The van der Waals surface area contributed by atoms with Gasteiger partial charge in [0.05, 0.1) is 11.4 Å². The number of rotatable bonds is 7. The van der Waals surface area contributed by atoms with Crippen LogP contribution in [0.4, 0.5) is 0 Å². The third-order valence-electron chi connectivity index (χ3n) is 9.69. The van der Waals surface area contributed by atoms with Gasteiger partial charge in [-0.15, -0.1) is 41.3 Å². The van der Waals surface area contributed by atoms with E-state index in [2.05, 4.69) is 163 Å². The molecule has 0 aliphatic rings. The summed E-state index contributed by atoms with van der Waals surface area (Å²) in [6, 6.07) is 34.9. The number of para-hydroxylation sites is 1. The smallest absolute Gasteiger partial charge is 0.509 e. The molecule has 262 valence electrons. The minimum Gasteiger partial charge on any atom is -0.509 e. The number of hydrogen-bond donors (Lipinski definition) is 0. The normalized spacial score (nSPS) is 11.9. The molecule has 0 amide bonds. The molecule has 4 aromatic carbocycles. The quantitative estimate of drug-likeness (QED) is 0.120. The second-order valence-electron chi connectivity index (χ2n) is 15.2. The first kappa shape index (κ1) is 36.3. The van der Waals surface area contributed by atoms with E-state index in [1.54, 1.807) is 0 Å². The van der Waals surface area contributed by atoms with Gasteiger partial charge in [-0.3, -0.25) is 4.68 Å². The third kappa shape index (κ3) is 6.68. The third-order valence-corrected chi connectivity index (χ3v) is 9.69. The fourth-order valence-electron chi connectivity index (χ4n) is 7.16. The number of pyridine rings is 1. The van der Waals surface area contributed by atoms with Crippen LogP contribution in [0.15, 0.2) is 85.1 Å². The molecule has 7 aromatic rings. The van der Waals surface area contributed by atoms with Crippen LogP contribution < -0.4 is 4.74 Å². The van der Waals surface area contributed by atoms with Gasteiger partial charge in [-0.25, -0.2) is 4.98 Å². The SMILES string of the molecule is Cc1cccc(C)c1-c1c(C)nn(-c2[c-]c(Oc3[c-]c4c(cc3)c3ccccc3n4-c3cc(C(C)C)ccn3)cc(C(C)C)c2)c1C(C)(C)C.[Pd+2]. The van der Waals surface area contributed by atoms with Crippen molar-refractivity contribution >= 4 is 21.8 Å². The van der Waals surface area contributed by atoms with Crippen LogP contribution in [0.1, 0.15) is 93.9 Å². The van der Waals surface area contributed by atoms with E-state index >= 15 is 0 Å². The standard InChI is InChI=1S/C45H46N4O.Pd/c1-27(2)32-20-21-46-41(24-32)48-39-17-12-11-16-37(39)38-19-18-35(26-40(38)48)50-36-23-33(28(3)4)22-34(25-36)49-44(45(8,9)10)43(31(7)47-49)42-29(5)14-13-15-30(42)6;/h11-24,27-28H,1-10H3;/q-2;+2. The molecule has 0 atom stereocenters. The molecule has 0 aliphatic carbocycles. The molecule has 0 fully saturated rings. The summed E-state index contributed by atoms with van der Waals surface area (Å²) < 4.78 is 11.0. The predicted molar refractivity (Wildman–Crippen MR) is 206 cm³/mol. The van der Waals surface area contributed by atoms with Crippen LogP contribution in [0, 0.1) is 32.9 Å². The fourth-order valence-corrected chi connectivity index (χ4v) is 7.16. The van der Waals surface area contributed by atoms with Gasteiger partial charge in [0.1, 0.15) is 5.82 Å². The molecule has 0 saturated carbocycles. The first-order valence-electron chi connectivity index (χ1n) is 17.7. The van der Waals surface area contributed by atoms with Crippen molar-refractivity contribution in [1.82, 2.24) is 19.3 Å². The van der Waals surface area contributed by atoms with E-state index in [9.17, 15) is 0 Å². The van der Waals surface area contributed by atoms with E-state index in [0.29, 0.717) is 17.4 Å². The van der Waals surface area contributed by atoms with Gasteiger partial charge in [-0.2, -0.15) is 11.2 Å². The van der Waals surface area contributed by atoms with Crippen LogP contribution in [0.2, 0.25) is 0 Å². The molecule has 7 rings (SSSR count). The summed E-state index contributed by atoms with van der Waals surface area (Å²) in [4.78, 5) is 4.81. The minimum absolute atomic E-state index is 0. The van der Waals surface area contributed by atoms with Gasteiger partial charge in [0.15, 0.2) is 0 Å². The Kier molecular flexibility index (Phi) is 9.90. The van der Waals surface area contributed by atoms with E-state index in [4.69, 9.17) is 14.8 Å². The van der Waals surface area contributed by atoms with Crippen molar-refractivity contribution in [3.8, 4) is 34.1 Å². The van der Waals surface area contributed by atoms with Crippen molar-refractivity contribution in [2.45, 2.75) is 86.5 Å². The van der Waals surface area contributed by atoms with Crippen LogP contribution in [0.3, 0.4) is 0 Å². The topological polar surface area (TPSA) is 44.9 Å². The second-order valence-corrected chi connectivity index (χ2v) is 15.2. The molecular weight excluding hydrogens is 719 g/mol. The van der Waals surface area contributed by atoms with Crippen LogP contribution >= 0.6 is 0 Å². The summed E-state index contributed by atoms with van der Waals surface area (Å²) in [5, 5.41) is 7.45. The summed E-state index contributed by atoms with van der Waals surface area (Å²) in [5.74, 6) is 2.78. The average molecular weight is 765 g/mol. The van der Waals surface area contributed by atoms with Gasteiger partial charge >= 0.3 is 20.4 Å². The molecule has 0 spiro atoms. The number of ether oxygens (including phenoxy) is 1. The van der Waals surface area contributed by atoms with Crippen LogP contribution in [-0.2, 0) is 25.8 Å².